The average Bonchev–Trinajstić information content (AvgIpc) is 3.02. The predicted octanol–water partition coefficient (Wildman–Crippen LogP) is 7.96. The zero-order valence-corrected chi connectivity index (χ0v) is 29.7. The van der Waals surface area contributed by atoms with E-state index in [0.29, 0.717) is 30.4 Å². The summed E-state index contributed by atoms with van der Waals surface area (Å²) >= 11 is 0. The van der Waals surface area contributed by atoms with Crippen LogP contribution in [0.5, 0.6) is 5.75 Å². The molecule has 7 nitrogen and oxygen atoms in total. The normalized spacial score (nSPS) is 18.5. The second-order valence-electron chi connectivity index (χ2n) is 12.7. The minimum atomic E-state index is -3.18. The number of ether oxygens (including phenoxy) is 2. The molecule has 8 heteroatoms. The molecule has 0 radical (unpaired) electrons. The van der Waals surface area contributed by atoms with Gasteiger partial charge in [0, 0.05) is 31.5 Å². The third-order valence-electron chi connectivity index (χ3n) is 9.27. The molecule has 2 N–H and O–H groups in total. The number of hydrogen-bond donors (Lipinski definition) is 1. The second-order valence-corrected chi connectivity index (χ2v) is 14.6. The molecule has 0 aromatic heterocycles. The monoisotopic (exact) mass is 651 g/mol. The molecule has 1 saturated carbocycles. The van der Waals surface area contributed by atoms with Gasteiger partial charge in [-0.25, -0.2) is 9.35 Å². The van der Waals surface area contributed by atoms with E-state index in [0.717, 1.165) is 69.5 Å². The summed E-state index contributed by atoms with van der Waals surface area (Å²) in [6.07, 6.45) is 11.6. The number of unbranched alkanes of at least 4 members (excludes halogenated alkanes) is 1. The fourth-order valence-corrected chi connectivity index (χ4v) is 7.88. The third kappa shape index (κ3) is 10.5. The van der Waals surface area contributed by atoms with Crippen LogP contribution < -0.4 is 14.8 Å². The van der Waals surface area contributed by atoms with Gasteiger partial charge in [0.1, 0.15) is 15.7 Å². The van der Waals surface area contributed by atoms with Crippen molar-refractivity contribution in [2.75, 3.05) is 37.5 Å². The first kappa shape index (κ1) is 37.5. The van der Waals surface area contributed by atoms with Crippen LogP contribution >= 0.6 is 0 Å². The first-order valence-corrected chi connectivity index (χ1v) is 18.8. The number of hydrogen-bond acceptors (Lipinski definition) is 5. The standard InChI is InChI=1S/C38H57N3O4S/c1-8-15-28(6)27-46(39,43)40-38(42)32-20-22-37(45-23-14-13-16-31-24-29(9-2)17-18-30(31)10-3)35(25-32)41(12-5)26-33-19-21-34(33)36(11-4)44-7/h8,11,17-18,20,22,24-25,28,33-34,36H,1,4,9-10,12-16,19,21,23,26-27H2,2-3,5-7H3,(H2,39,40,42,43)/t28-,33-,34+,36-,46?/m0/s1. The van der Waals surface area contributed by atoms with E-state index in [9.17, 15) is 9.00 Å². The Morgan fingerprint density at radius 2 is 1.89 bits per heavy atom. The molecule has 1 aliphatic carbocycles. The van der Waals surface area contributed by atoms with Crippen molar-refractivity contribution in [1.29, 1.82) is 0 Å². The third-order valence-corrected chi connectivity index (χ3v) is 10.8. The van der Waals surface area contributed by atoms with Crippen LogP contribution in [0.1, 0.15) is 86.8 Å². The molecule has 3 rings (SSSR count). The van der Waals surface area contributed by atoms with Crippen molar-refractivity contribution in [2.45, 2.75) is 85.2 Å². The highest BCUT2D eigenvalue weighted by molar-refractivity contribution is 7.91. The molecule has 1 unspecified atom stereocenters. The molecule has 46 heavy (non-hydrogen) atoms. The van der Waals surface area contributed by atoms with Crippen molar-refractivity contribution >= 4 is 21.5 Å². The largest absolute Gasteiger partial charge is 0.491 e. The number of carbonyl (C=O) groups is 1. The lowest BCUT2D eigenvalue weighted by molar-refractivity contribution is 0.0139. The van der Waals surface area contributed by atoms with Gasteiger partial charge in [-0.3, -0.25) is 4.79 Å². The maximum Gasteiger partial charge on any atom is 0.286 e. The predicted molar refractivity (Wildman–Crippen MR) is 193 cm³/mol. The molecule has 0 heterocycles. The Morgan fingerprint density at radius 3 is 2.50 bits per heavy atom. The number of methoxy groups -OCH3 is 1. The molecule has 0 spiro atoms. The summed E-state index contributed by atoms with van der Waals surface area (Å²) in [4.78, 5) is 15.6. The van der Waals surface area contributed by atoms with Crippen LogP contribution in [-0.2, 0) is 33.9 Å². The molecule has 254 valence electrons. The molecule has 1 fully saturated rings. The number of nitrogens with two attached hydrogens (primary N) is 1. The Labute approximate surface area is 278 Å². The van der Waals surface area contributed by atoms with Crippen LogP contribution in [0.25, 0.3) is 0 Å². The summed E-state index contributed by atoms with van der Waals surface area (Å²) in [6.45, 7) is 18.3. The quantitative estimate of drug-likeness (QED) is 0.116. The minimum absolute atomic E-state index is 0.0135. The Hall–Kier alpha value is -2.94. The molecule has 2 aromatic rings. The summed E-state index contributed by atoms with van der Waals surface area (Å²) in [6, 6.07) is 12.2. The van der Waals surface area contributed by atoms with Crippen LogP contribution in [-0.4, -0.2) is 48.8 Å². The fourth-order valence-electron chi connectivity index (χ4n) is 6.47. The van der Waals surface area contributed by atoms with Crippen LogP contribution in [0, 0.1) is 17.8 Å². The summed E-state index contributed by atoms with van der Waals surface area (Å²) < 4.78 is 29.1. The topological polar surface area (TPSA) is 94.2 Å². The fraction of sp³-hybridized carbons (Fsp3) is 0.553. The molecule has 2 aromatic carbocycles. The van der Waals surface area contributed by atoms with Gasteiger partial charge in [0.25, 0.3) is 5.91 Å². The van der Waals surface area contributed by atoms with Crippen LogP contribution in [0.3, 0.4) is 0 Å². The SMILES string of the molecule is C=CC[C@H](C)CS(N)(=O)=NC(=O)c1ccc(OCCCCc2cc(CC)ccc2CC)c(N(CC)C[C@@H]2CC[C@H]2[C@H](C=C)OC)c1. The Bertz CT molecular complexity index is 1430. The van der Waals surface area contributed by atoms with Gasteiger partial charge in [-0.05, 0) is 111 Å². The van der Waals surface area contributed by atoms with Gasteiger partial charge < -0.3 is 14.4 Å². The number of nitrogens with zero attached hydrogens (tertiary/aromatic N) is 2. The highest BCUT2D eigenvalue weighted by Crippen LogP contribution is 2.41. The van der Waals surface area contributed by atoms with Crippen molar-refractivity contribution in [2.24, 2.45) is 27.3 Å². The van der Waals surface area contributed by atoms with Gasteiger partial charge in [0.15, 0.2) is 0 Å². The summed E-state index contributed by atoms with van der Waals surface area (Å²) in [5, 5.41) is 6.02. The Balaban J connectivity index is 1.81. The zero-order valence-electron chi connectivity index (χ0n) is 28.8. The van der Waals surface area contributed by atoms with E-state index in [4.69, 9.17) is 14.6 Å². The Kier molecular flexibility index (Phi) is 15.0. The zero-order chi connectivity index (χ0) is 33.7. The van der Waals surface area contributed by atoms with E-state index < -0.39 is 15.8 Å². The summed E-state index contributed by atoms with van der Waals surface area (Å²) in [5.41, 5.74) is 5.43. The lowest BCUT2D eigenvalue weighted by Gasteiger charge is -2.43. The van der Waals surface area contributed by atoms with Gasteiger partial charge in [-0.2, -0.15) is 0 Å². The molecular weight excluding hydrogens is 595 g/mol. The molecular formula is C38H57N3O4S. The highest BCUT2D eigenvalue weighted by Gasteiger charge is 2.37. The number of carbonyl (C=O) groups excluding carboxylic acids is 1. The van der Waals surface area contributed by atoms with E-state index in [-0.39, 0.29) is 17.8 Å². The van der Waals surface area contributed by atoms with Crippen molar-refractivity contribution in [1.82, 2.24) is 0 Å². The molecule has 1 aliphatic rings. The van der Waals surface area contributed by atoms with E-state index in [1.807, 2.05) is 25.1 Å². The highest BCUT2D eigenvalue weighted by atomic mass is 32.2. The van der Waals surface area contributed by atoms with Gasteiger partial charge in [0.2, 0.25) is 0 Å². The second kappa shape index (κ2) is 18.4. The van der Waals surface area contributed by atoms with Crippen LogP contribution in [0.15, 0.2) is 66.1 Å². The number of benzene rings is 2. The van der Waals surface area contributed by atoms with Crippen molar-refractivity contribution < 1.29 is 18.5 Å². The molecule has 1 amide bonds. The van der Waals surface area contributed by atoms with Gasteiger partial charge in [-0.15, -0.1) is 17.5 Å². The van der Waals surface area contributed by atoms with E-state index >= 15 is 0 Å². The number of anilines is 1. The van der Waals surface area contributed by atoms with Crippen LogP contribution in [0.4, 0.5) is 5.69 Å². The minimum Gasteiger partial charge on any atom is -0.491 e. The maximum absolute atomic E-state index is 13.3. The number of rotatable bonds is 20. The molecule has 0 saturated heterocycles. The van der Waals surface area contributed by atoms with E-state index in [1.54, 1.807) is 19.3 Å². The van der Waals surface area contributed by atoms with Crippen molar-refractivity contribution in [3.63, 3.8) is 0 Å². The van der Waals surface area contributed by atoms with E-state index in [2.05, 4.69) is 61.4 Å². The Morgan fingerprint density at radius 1 is 1.11 bits per heavy atom. The molecule has 0 aliphatic heterocycles. The van der Waals surface area contributed by atoms with E-state index in [1.165, 1.54) is 16.7 Å². The smallest absolute Gasteiger partial charge is 0.286 e. The lowest BCUT2D eigenvalue weighted by Crippen LogP contribution is -2.43. The van der Waals surface area contributed by atoms with Crippen molar-refractivity contribution in [3.05, 3.63) is 84.0 Å². The van der Waals surface area contributed by atoms with Gasteiger partial charge in [-0.1, -0.05) is 51.1 Å². The van der Waals surface area contributed by atoms with Crippen LogP contribution in [0.2, 0.25) is 0 Å². The molecule has 5 atom stereocenters. The first-order valence-electron chi connectivity index (χ1n) is 17.0. The van der Waals surface area contributed by atoms with Crippen molar-refractivity contribution in [3.8, 4) is 5.75 Å². The van der Waals surface area contributed by atoms with Gasteiger partial charge >= 0.3 is 0 Å². The summed E-state index contributed by atoms with van der Waals surface area (Å²) in [7, 11) is -1.44. The molecule has 0 bridgehead atoms. The first-order chi connectivity index (χ1) is 22.1. The average molecular weight is 652 g/mol. The summed E-state index contributed by atoms with van der Waals surface area (Å²) in [5.74, 6) is 1.14. The number of amides is 1. The maximum atomic E-state index is 13.3. The lowest BCUT2D eigenvalue weighted by atomic mass is 9.70. The number of aryl methyl sites for hydroxylation is 3. The number of allylic oxidation sites excluding steroid dienone is 1. The van der Waals surface area contributed by atoms with Gasteiger partial charge in [0.05, 0.1) is 18.4 Å².